The van der Waals surface area contributed by atoms with E-state index in [1.807, 2.05) is 18.2 Å². The molecule has 5 nitrogen and oxygen atoms in total. The summed E-state index contributed by atoms with van der Waals surface area (Å²) in [5.41, 5.74) is 3.69. The van der Waals surface area contributed by atoms with Crippen LogP contribution in [-0.2, 0) is 12.0 Å². The Morgan fingerprint density at radius 2 is 1.86 bits per heavy atom. The maximum atomic E-state index is 13.8. The zero-order chi connectivity index (χ0) is 20.2. The Kier molecular flexibility index (Phi) is 3.99. The van der Waals surface area contributed by atoms with Gasteiger partial charge in [0.05, 0.1) is 17.1 Å². The van der Waals surface area contributed by atoms with Gasteiger partial charge < -0.3 is 9.67 Å². The van der Waals surface area contributed by atoms with Crippen LogP contribution >= 0.6 is 0 Å². The van der Waals surface area contributed by atoms with E-state index in [-0.39, 0.29) is 11.9 Å². The summed E-state index contributed by atoms with van der Waals surface area (Å²) < 4.78 is 16.0. The van der Waals surface area contributed by atoms with Crippen molar-refractivity contribution in [3.8, 4) is 11.1 Å². The topological polar surface area (TPSA) is 63.8 Å². The summed E-state index contributed by atoms with van der Waals surface area (Å²) in [4.78, 5) is 13.4. The van der Waals surface area contributed by atoms with E-state index in [1.165, 1.54) is 6.07 Å². The van der Waals surface area contributed by atoms with Gasteiger partial charge in [0, 0.05) is 24.4 Å². The molecule has 6 heteroatoms. The molecule has 0 fully saturated rings. The summed E-state index contributed by atoms with van der Waals surface area (Å²) in [6.07, 6.45) is 5.24. The van der Waals surface area contributed by atoms with Gasteiger partial charge in [-0.05, 0) is 55.7 Å². The minimum Gasteiger partial charge on any atom is -0.382 e. The molecule has 0 spiro atoms. The number of nitrogens with zero attached hydrogens (tertiary/aromatic N) is 4. The number of rotatable bonds is 3. The van der Waals surface area contributed by atoms with Gasteiger partial charge >= 0.3 is 0 Å². The van der Waals surface area contributed by atoms with Crippen LogP contribution < -0.4 is 0 Å². The summed E-state index contributed by atoms with van der Waals surface area (Å²) in [5.74, 6) is 1.20. The first-order chi connectivity index (χ1) is 13.9. The van der Waals surface area contributed by atoms with E-state index in [2.05, 4.69) is 20.6 Å². The summed E-state index contributed by atoms with van der Waals surface area (Å²) in [6, 6.07) is 13.0. The summed E-state index contributed by atoms with van der Waals surface area (Å²) in [6.45, 7) is 3.33. The molecular formula is C23H21FN4O. The summed E-state index contributed by atoms with van der Waals surface area (Å²) in [7, 11) is 0. The number of halogens is 1. The van der Waals surface area contributed by atoms with Crippen molar-refractivity contribution in [2.75, 3.05) is 0 Å². The molecule has 29 heavy (non-hydrogen) atoms. The Labute approximate surface area is 167 Å². The molecule has 1 aliphatic rings. The minimum atomic E-state index is -1.08. The normalized spacial score (nSPS) is 16.3. The average Bonchev–Trinajstić information content (AvgIpc) is 3.26. The van der Waals surface area contributed by atoms with Crippen molar-refractivity contribution >= 4 is 11.0 Å². The van der Waals surface area contributed by atoms with Crippen molar-refractivity contribution in [1.29, 1.82) is 0 Å². The molecule has 5 rings (SSSR count). The second-order valence-electron chi connectivity index (χ2n) is 8.07. The number of fused-ring (bicyclic) bond motifs is 3. The fourth-order valence-corrected chi connectivity index (χ4v) is 4.06. The van der Waals surface area contributed by atoms with E-state index < -0.39 is 5.60 Å². The van der Waals surface area contributed by atoms with Crippen molar-refractivity contribution in [2.45, 2.75) is 38.3 Å². The van der Waals surface area contributed by atoms with Gasteiger partial charge in [0.15, 0.2) is 5.82 Å². The molecular weight excluding hydrogens is 367 g/mol. The van der Waals surface area contributed by atoms with Gasteiger partial charge in [-0.2, -0.15) is 0 Å². The molecule has 146 valence electrons. The molecule has 0 bridgehead atoms. The van der Waals surface area contributed by atoms with Crippen molar-refractivity contribution < 1.29 is 9.50 Å². The van der Waals surface area contributed by atoms with Crippen LogP contribution in [-0.4, -0.2) is 24.6 Å². The molecule has 0 saturated heterocycles. The predicted octanol–water partition coefficient (Wildman–Crippen LogP) is 4.40. The van der Waals surface area contributed by atoms with Gasteiger partial charge in [0.25, 0.3) is 0 Å². The summed E-state index contributed by atoms with van der Waals surface area (Å²) in [5, 5.41) is 10.1. The number of benzene rings is 2. The van der Waals surface area contributed by atoms with E-state index in [1.54, 1.807) is 38.4 Å². The highest BCUT2D eigenvalue weighted by atomic mass is 19.1. The zero-order valence-corrected chi connectivity index (χ0v) is 16.3. The van der Waals surface area contributed by atoms with Crippen molar-refractivity contribution in [1.82, 2.24) is 19.5 Å². The fraction of sp³-hybridized carbons (Fsp3) is 0.261. The van der Waals surface area contributed by atoms with E-state index in [9.17, 15) is 9.50 Å². The number of hydrogen-bond donors (Lipinski definition) is 1. The van der Waals surface area contributed by atoms with E-state index >= 15 is 0 Å². The first-order valence-electron chi connectivity index (χ1n) is 9.72. The van der Waals surface area contributed by atoms with Crippen LogP contribution in [0.4, 0.5) is 4.39 Å². The molecule has 1 N–H and O–H groups in total. The molecule has 0 amide bonds. The minimum absolute atomic E-state index is 0.0785. The molecule has 3 heterocycles. The van der Waals surface area contributed by atoms with Gasteiger partial charge in [-0.1, -0.05) is 18.2 Å². The fourth-order valence-electron chi connectivity index (χ4n) is 4.06. The first-order valence-corrected chi connectivity index (χ1v) is 9.72. The van der Waals surface area contributed by atoms with Gasteiger partial charge in [0.1, 0.15) is 17.2 Å². The third-order valence-electron chi connectivity index (χ3n) is 5.48. The van der Waals surface area contributed by atoms with Gasteiger partial charge in [-0.25, -0.2) is 19.3 Å². The standard InChI is InChI=1S/C23H21FN4O/c1-23(2,29)22-25-12-16(13-26-22)14-6-7-18-20(11-14)28-19(8-9-21(28)27-18)15-4-3-5-17(24)10-15/h3-7,10-13,19,29H,8-9H2,1-2H3. The number of hydrogen-bond acceptors (Lipinski definition) is 4. The molecule has 2 aromatic heterocycles. The second kappa shape index (κ2) is 6.46. The molecule has 1 unspecified atom stereocenters. The van der Waals surface area contributed by atoms with Crippen LogP contribution in [0, 0.1) is 5.82 Å². The van der Waals surface area contributed by atoms with Gasteiger partial charge in [-0.3, -0.25) is 0 Å². The molecule has 1 aliphatic heterocycles. The molecule has 2 aromatic carbocycles. The highest BCUT2D eigenvalue weighted by Gasteiger charge is 2.27. The Bertz CT molecular complexity index is 1210. The lowest BCUT2D eigenvalue weighted by atomic mass is 10.0. The Balaban J connectivity index is 1.59. The highest BCUT2D eigenvalue weighted by molar-refractivity contribution is 5.83. The number of imidazole rings is 1. The predicted molar refractivity (Wildman–Crippen MR) is 109 cm³/mol. The maximum absolute atomic E-state index is 13.8. The number of aryl methyl sites for hydroxylation is 1. The van der Waals surface area contributed by atoms with Gasteiger partial charge in [-0.15, -0.1) is 0 Å². The average molecular weight is 388 g/mol. The van der Waals surface area contributed by atoms with Crippen molar-refractivity contribution in [3.05, 3.63) is 77.9 Å². The summed E-state index contributed by atoms with van der Waals surface area (Å²) >= 11 is 0. The maximum Gasteiger partial charge on any atom is 0.159 e. The van der Waals surface area contributed by atoms with Crippen LogP contribution in [0.3, 0.4) is 0 Å². The van der Waals surface area contributed by atoms with E-state index in [0.717, 1.165) is 46.4 Å². The zero-order valence-electron chi connectivity index (χ0n) is 16.3. The van der Waals surface area contributed by atoms with Crippen LogP contribution in [0.1, 0.15) is 43.5 Å². The Morgan fingerprint density at radius 3 is 2.59 bits per heavy atom. The first kappa shape index (κ1) is 17.9. The van der Waals surface area contributed by atoms with E-state index in [0.29, 0.717) is 5.82 Å². The van der Waals surface area contributed by atoms with E-state index in [4.69, 9.17) is 4.98 Å². The molecule has 0 radical (unpaired) electrons. The lowest BCUT2D eigenvalue weighted by Gasteiger charge is -2.16. The third-order valence-corrected chi connectivity index (χ3v) is 5.48. The van der Waals surface area contributed by atoms with Crippen LogP contribution in [0.15, 0.2) is 54.9 Å². The monoisotopic (exact) mass is 388 g/mol. The third kappa shape index (κ3) is 3.09. The van der Waals surface area contributed by atoms with Crippen molar-refractivity contribution in [2.24, 2.45) is 0 Å². The largest absolute Gasteiger partial charge is 0.382 e. The molecule has 0 aliphatic carbocycles. The lowest BCUT2D eigenvalue weighted by molar-refractivity contribution is 0.0687. The van der Waals surface area contributed by atoms with Crippen LogP contribution in [0.5, 0.6) is 0 Å². The van der Waals surface area contributed by atoms with Crippen LogP contribution in [0.25, 0.3) is 22.2 Å². The molecule has 4 aromatic rings. The molecule has 0 saturated carbocycles. The van der Waals surface area contributed by atoms with Crippen molar-refractivity contribution in [3.63, 3.8) is 0 Å². The number of aromatic nitrogens is 4. The second-order valence-corrected chi connectivity index (χ2v) is 8.07. The highest BCUT2D eigenvalue weighted by Crippen LogP contribution is 2.37. The quantitative estimate of drug-likeness (QED) is 0.565. The smallest absolute Gasteiger partial charge is 0.159 e. The molecule has 1 atom stereocenters. The lowest BCUT2D eigenvalue weighted by Crippen LogP contribution is -2.19. The Morgan fingerprint density at radius 1 is 1.07 bits per heavy atom. The van der Waals surface area contributed by atoms with Gasteiger partial charge in [0.2, 0.25) is 0 Å². The SMILES string of the molecule is CC(C)(O)c1ncc(-c2ccc3nc4n(c3c2)C(c2cccc(F)c2)CC4)cn1. The number of aliphatic hydroxyl groups is 1. The van der Waals surface area contributed by atoms with Crippen LogP contribution in [0.2, 0.25) is 0 Å². The Hall–Kier alpha value is -3.12.